The number of fused-ring (bicyclic) bond motifs is 6. The van der Waals surface area contributed by atoms with Gasteiger partial charge in [0, 0.05) is 33.4 Å². The first-order chi connectivity index (χ1) is 29.6. The second-order valence-corrected chi connectivity index (χ2v) is 19.9. The fourth-order valence-electron chi connectivity index (χ4n) is 10.8. The van der Waals surface area contributed by atoms with Crippen LogP contribution in [0.1, 0.15) is 125 Å². The van der Waals surface area contributed by atoms with Crippen molar-refractivity contribution in [2.75, 3.05) is 7.11 Å². The maximum atomic E-state index is 16.9. The highest BCUT2D eigenvalue weighted by Crippen LogP contribution is 2.63. The SMILES string of the molecule is CCC1=C2C(=C(c3ccc(C(C)(C)C)cc3)/C1=C(\c1ccccc1OC)c1c(-c3ccc(C(C)(C)C)cc3)c3c(n1B(F)F)-c1ccccc1CCC3)C(C)(C)c1ccccc12. The lowest BCUT2D eigenvalue weighted by molar-refractivity contribution is 0.413. The minimum Gasteiger partial charge on any atom is -0.496 e. The molecule has 0 atom stereocenters. The Hall–Kier alpha value is -5.68. The van der Waals surface area contributed by atoms with Gasteiger partial charge >= 0.3 is 7.40 Å². The molecule has 3 aliphatic rings. The van der Waals surface area contributed by atoms with Gasteiger partial charge in [0.15, 0.2) is 0 Å². The minimum absolute atomic E-state index is 0.0439. The minimum atomic E-state index is -2.84. The number of aryl methyl sites for hydroxylation is 1. The summed E-state index contributed by atoms with van der Waals surface area (Å²) in [6.45, 7) is 20.3. The molecule has 2 nitrogen and oxygen atoms in total. The molecule has 0 aliphatic heterocycles. The molecular weight excluding hydrogens is 763 g/mol. The number of benzene rings is 5. The van der Waals surface area contributed by atoms with Crippen LogP contribution in [0.4, 0.5) is 8.63 Å². The second kappa shape index (κ2) is 15.3. The number of ether oxygens (including phenoxy) is 1. The smallest absolute Gasteiger partial charge is 0.496 e. The number of hydrogen-bond acceptors (Lipinski definition) is 1. The average molecular weight is 822 g/mol. The lowest BCUT2D eigenvalue weighted by atomic mass is 9.76. The maximum Gasteiger partial charge on any atom is 0.678 e. The monoisotopic (exact) mass is 821 g/mol. The molecule has 3 aliphatic carbocycles. The Kier molecular flexibility index (Phi) is 10.3. The Morgan fingerprint density at radius 2 is 1.27 bits per heavy atom. The second-order valence-electron chi connectivity index (χ2n) is 19.9. The Morgan fingerprint density at radius 3 is 1.89 bits per heavy atom. The van der Waals surface area contributed by atoms with Crippen LogP contribution in [0.3, 0.4) is 0 Å². The lowest BCUT2D eigenvalue weighted by Crippen LogP contribution is -2.19. The Bertz CT molecular complexity index is 2830. The van der Waals surface area contributed by atoms with Crippen molar-refractivity contribution in [1.29, 1.82) is 0 Å². The molecule has 62 heavy (non-hydrogen) atoms. The number of aromatic nitrogens is 1. The van der Waals surface area contributed by atoms with E-state index in [1.165, 1.54) is 43.5 Å². The summed E-state index contributed by atoms with van der Waals surface area (Å²) in [5, 5.41) is 0. The van der Waals surface area contributed by atoms with Gasteiger partial charge in [0.05, 0.1) is 12.8 Å². The third-order valence-corrected chi connectivity index (χ3v) is 13.8. The molecule has 314 valence electrons. The van der Waals surface area contributed by atoms with E-state index in [-0.39, 0.29) is 16.2 Å². The van der Waals surface area contributed by atoms with Gasteiger partial charge in [-0.15, -0.1) is 0 Å². The normalized spacial score (nSPS) is 16.5. The van der Waals surface area contributed by atoms with Crippen molar-refractivity contribution in [2.45, 2.75) is 104 Å². The molecule has 0 spiro atoms. The van der Waals surface area contributed by atoms with Crippen LogP contribution in [0.5, 0.6) is 5.75 Å². The van der Waals surface area contributed by atoms with Crippen LogP contribution in [0.25, 0.3) is 39.1 Å². The fraction of sp³-hybridized carbons (Fsp3) is 0.298. The van der Waals surface area contributed by atoms with Gasteiger partial charge in [0.25, 0.3) is 0 Å². The van der Waals surface area contributed by atoms with Gasteiger partial charge < -0.3 is 9.21 Å². The molecule has 9 rings (SSSR count). The van der Waals surface area contributed by atoms with Gasteiger partial charge in [-0.1, -0.05) is 178 Å². The molecule has 0 radical (unpaired) electrons. The molecule has 1 heterocycles. The lowest BCUT2D eigenvalue weighted by Gasteiger charge is -2.27. The van der Waals surface area contributed by atoms with E-state index in [4.69, 9.17) is 4.74 Å². The van der Waals surface area contributed by atoms with Crippen molar-refractivity contribution >= 4 is 24.1 Å². The largest absolute Gasteiger partial charge is 0.678 e. The van der Waals surface area contributed by atoms with E-state index in [2.05, 4.69) is 147 Å². The molecule has 0 bridgehead atoms. The number of allylic oxidation sites excluding steroid dienone is 5. The highest BCUT2D eigenvalue weighted by molar-refractivity contribution is 6.43. The molecule has 5 heteroatoms. The number of hydrogen-bond donors (Lipinski definition) is 0. The Labute approximate surface area is 368 Å². The van der Waals surface area contributed by atoms with E-state index in [9.17, 15) is 0 Å². The van der Waals surface area contributed by atoms with Crippen molar-refractivity contribution in [3.63, 3.8) is 0 Å². The van der Waals surface area contributed by atoms with Crippen molar-refractivity contribution in [3.8, 4) is 28.1 Å². The van der Waals surface area contributed by atoms with Gasteiger partial charge in [-0.2, -0.15) is 0 Å². The molecule has 0 saturated heterocycles. The van der Waals surface area contributed by atoms with Crippen molar-refractivity contribution in [3.05, 3.63) is 188 Å². The van der Waals surface area contributed by atoms with Crippen LogP contribution in [0, 0.1) is 0 Å². The number of para-hydroxylation sites is 1. The molecule has 5 aromatic carbocycles. The Morgan fingerprint density at radius 1 is 0.694 bits per heavy atom. The molecule has 1 aromatic heterocycles. The van der Waals surface area contributed by atoms with Crippen LogP contribution in [-0.2, 0) is 29.1 Å². The number of halogens is 2. The predicted octanol–water partition coefficient (Wildman–Crippen LogP) is 15.1. The van der Waals surface area contributed by atoms with Gasteiger partial charge in [0.1, 0.15) is 5.75 Å². The summed E-state index contributed by atoms with van der Waals surface area (Å²) in [5.74, 6) is 0.645. The quantitative estimate of drug-likeness (QED) is 0.146. The number of rotatable bonds is 7. The first kappa shape index (κ1) is 41.7. The van der Waals surface area contributed by atoms with Crippen molar-refractivity contribution in [2.24, 2.45) is 0 Å². The van der Waals surface area contributed by atoms with E-state index in [0.29, 0.717) is 30.0 Å². The third kappa shape index (κ3) is 6.57. The molecule has 6 aromatic rings. The van der Waals surface area contributed by atoms with Gasteiger partial charge in [-0.3, -0.25) is 8.63 Å². The molecule has 0 unspecified atom stereocenters. The average Bonchev–Trinajstić information content (AvgIpc) is 3.79. The maximum absolute atomic E-state index is 16.9. The number of methoxy groups -OCH3 is 1. The van der Waals surface area contributed by atoms with E-state index in [1.807, 2.05) is 36.4 Å². The summed E-state index contributed by atoms with van der Waals surface area (Å²) in [7, 11) is -1.15. The highest BCUT2D eigenvalue weighted by atomic mass is 19.2. The van der Waals surface area contributed by atoms with Crippen LogP contribution >= 0.6 is 0 Å². The highest BCUT2D eigenvalue weighted by Gasteiger charge is 2.48. The number of nitrogens with zero attached hydrogens (tertiary/aromatic N) is 1. The van der Waals surface area contributed by atoms with Gasteiger partial charge in [-0.05, 0) is 115 Å². The standard InChI is InChI=1S/C57H58BF2NO/c1-11-40-49-42-22-14-16-25-45(42)57(8,9)52(49)48(37-29-33-39(34-30-37)56(5,6)7)50(40)51(43-23-15-17-26-46(43)62-10)54-47(36-27-31-38(32-28-36)55(2,3)4)44-24-18-20-35-19-12-13-21-41(35)53(44)61(54)58(59)60/h12-17,19,21-23,25-34H,11,18,20,24H2,1-10H3/b51-50+. The predicted molar refractivity (Wildman–Crippen MR) is 257 cm³/mol. The van der Waals surface area contributed by atoms with E-state index < -0.39 is 7.40 Å². The zero-order valence-corrected chi connectivity index (χ0v) is 38.1. The van der Waals surface area contributed by atoms with Crippen LogP contribution in [0.2, 0.25) is 0 Å². The van der Waals surface area contributed by atoms with Crippen molar-refractivity contribution < 1.29 is 13.4 Å². The van der Waals surface area contributed by atoms with Gasteiger partial charge in [0.2, 0.25) is 0 Å². The first-order valence-electron chi connectivity index (χ1n) is 22.4. The van der Waals surface area contributed by atoms with E-state index in [0.717, 1.165) is 68.5 Å². The summed E-state index contributed by atoms with van der Waals surface area (Å²) in [4.78, 5) is 0. The molecule has 0 amide bonds. The molecule has 0 fully saturated rings. The zero-order valence-electron chi connectivity index (χ0n) is 38.1. The van der Waals surface area contributed by atoms with Crippen LogP contribution in [-0.4, -0.2) is 19.0 Å². The summed E-state index contributed by atoms with van der Waals surface area (Å²) >= 11 is 0. The molecular formula is C57H58BF2NO. The summed E-state index contributed by atoms with van der Waals surface area (Å²) in [6, 6.07) is 42.8. The summed E-state index contributed by atoms with van der Waals surface area (Å²) < 4.78 is 41.5. The summed E-state index contributed by atoms with van der Waals surface area (Å²) in [6.07, 6.45) is 3.06. The molecule has 0 N–H and O–H groups in total. The zero-order chi connectivity index (χ0) is 43.9. The van der Waals surface area contributed by atoms with Crippen LogP contribution < -0.4 is 4.74 Å². The van der Waals surface area contributed by atoms with Crippen molar-refractivity contribution in [1.82, 2.24) is 4.48 Å². The van der Waals surface area contributed by atoms with E-state index in [1.54, 1.807) is 7.11 Å². The molecule has 0 saturated carbocycles. The van der Waals surface area contributed by atoms with Crippen LogP contribution in [0.15, 0.2) is 138 Å². The van der Waals surface area contributed by atoms with Gasteiger partial charge in [-0.25, -0.2) is 0 Å². The Balaban J connectivity index is 1.53. The third-order valence-electron chi connectivity index (χ3n) is 13.8. The summed E-state index contributed by atoms with van der Waals surface area (Å²) in [5.41, 5.74) is 18.8. The van der Waals surface area contributed by atoms with E-state index >= 15 is 8.63 Å². The fourth-order valence-corrected chi connectivity index (χ4v) is 10.8. The topological polar surface area (TPSA) is 14.2 Å². The first-order valence-corrected chi connectivity index (χ1v) is 22.4.